The summed E-state index contributed by atoms with van der Waals surface area (Å²) in [7, 11) is 0. The molecule has 28 heavy (non-hydrogen) atoms. The second-order valence-electron chi connectivity index (χ2n) is 6.49. The van der Waals surface area contributed by atoms with Gasteiger partial charge in [0.15, 0.2) is 11.5 Å². The van der Waals surface area contributed by atoms with Crippen LogP contribution in [0, 0.1) is 0 Å². The minimum Gasteiger partial charge on any atom is -0.339 e. The molecule has 0 bridgehead atoms. The number of hydrogen-bond donors (Lipinski definition) is 2. The van der Waals surface area contributed by atoms with Crippen LogP contribution in [0.15, 0.2) is 36.4 Å². The Morgan fingerprint density at radius 2 is 1.43 bits per heavy atom. The Hall–Kier alpha value is -3.49. The first-order chi connectivity index (χ1) is 13.4. The molecule has 1 aliphatic heterocycles. The fraction of sp³-hybridized carbons (Fsp3) is 0.316. The van der Waals surface area contributed by atoms with Crippen molar-refractivity contribution in [2.45, 2.75) is 13.8 Å². The van der Waals surface area contributed by atoms with Gasteiger partial charge in [-0.25, -0.2) is 0 Å². The first-order valence-corrected chi connectivity index (χ1v) is 8.95. The molecule has 0 saturated carbocycles. The van der Waals surface area contributed by atoms with Crippen LogP contribution in [-0.2, 0) is 9.59 Å². The first-order valence-electron chi connectivity index (χ1n) is 8.95. The van der Waals surface area contributed by atoms with Crippen molar-refractivity contribution < 1.29 is 14.4 Å². The number of rotatable bonds is 4. The highest BCUT2D eigenvalue weighted by molar-refractivity contribution is 5.92. The molecule has 146 valence electrons. The number of anilines is 3. The Balaban J connectivity index is 1.58. The molecule has 1 fully saturated rings. The number of piperazine rings is 1. The van der Waals surface area contributed by atoms with Crippen molar-refractivity contribution in [2.75, 3.05) is 36.8 Å². The van der Waals surface area contributed by atoms with Crippen LogP contribution in [0.2, 0.25) is 0 Å². The fourth-order valence-electron chi connectivity index (χ4n) is 2.89. The van der Waals surface area contributed by atoms with Gasteiger partial charge in [-0.1, -0.05) is 0 Å². The maximum atomic E-state index is 12.5. The highest BCUT2D eigenvalue weighted by atomic mass is 16.2. The molecule has 2 heterocycles. The molecule has 0 spiro atoms. The topological polar surface area (TPSA) is 108 Å². The number of carbonyl (C=O) groups excluding carboxylic acids is 3. The molecule has 1 aliphatic rings. The standard InChI is InChI=1S/C19H22N6O3/c1-13(26)20-15-3-5-16(6-4-15)21-18-8-7-17(22-23-18)19(28)25-11-9-24(10-12-25)14(2)27/h3-8H,9-12H2,1-2H3,(H,20,26)(H,21,23). The van der Waals surface area contributed by atoms with Crippen molar-refractivity contribution >= 4 is 34.9 Å². The fourth-order valence-corrected chi connectivity index (χ4v) is 2.89. The summed E-state index contributed by atoms with van der Waals surface area (Å²) in [5.41, 5.74) is 1.75. The van der Waals surface area contributed by atoms with E-state index in [4.69, 9.17) is 0 Å². The lowest BCUT2D eigenvalue weighted by Crippen LogP contribution is -2.50. The van der Waals surface area contributed by atoms with Gasteiger partial charge in [-0.3, -0.25) is 14.4 Å². The van der Waals surface area contributed by atoms with Crippen molar-refractivity contribution in [3.05, 3.63) is 42.1 Å². The van der Waals surface area contributed by atoms with E-state index < -0.39 is 0 Å². The molecule has 9 nitrogen and oxygen atoms in total. The second kappa shape index (κ2) is 8.47. The van der Waals surface area contributed by atoms with Crippen LogP contribution in [0.5, 0.6) is 0 Å². The highest BCUT2D eigenvalue weighted by Gasteiger charge is 2.24. The largest absolute Gasteiger partial charge is 0.339 e. The van der Waals surface area contributed by atoms with Crippen LogP contribution in [-0.4, -0.2) is 63.9 Å². The Bertz CT molecular complexity index is 858. The van der Waals surface area contributed by atoms with Crippen molar-refractivity contribution in [3.63, 3.8) is 0 Å². The monoisotopic (exact) mass is 382 g/mol. The zero-order valence-electron chi connectivity index (χ0n) is 15.8. The smallest absolute Gasteiger partial charge is 0.274 e. The van der Waals surface area contributed by atoms with Gasteiger partial charge in [0.1, 0.15) is 0 Å². The Kier molecular flexibility index (Phi) is 5.83. The molecular formula is C19H22N6O3. The molecule has 1 saturated heterocycles. The lowest BCUT2D eigenvalue weighted by Gasteiger charge is -2.33. The van der Waals surface area contributed by atoms with Gasteiger partial charge in [-0.15, -0.1) is 10.2 Å². The molecule has 9 heteroatoms. The predicted octanol–water partition coefficient (Wildman–Crippen LogP) is 1.48. The number of nitrogens with one attached hydrogen (secondary N) is 2. The van der Waals surface area contributed by atoms with E-state index in [9.17, 15) is 14.4 Å². The summed E-state index contributed by atoms with van der Waals surface area (Å²) in [6.07, 6.45) is 0. The quantitative estimate of drug-likeness (QED) is 0.829. The van der Waals surface area contributed by atoms with Gasteiger partial charge in [0, 0.05) is 51.4 Å². The van der Waals surface area contributed by atoms with Crippen molar-refractivity contribution in [3.8, 4) is 0 Å². The molecule has 2 aromatic rings. The Morgan fingerprint density at radius 1 is 0.821 bits per heavy atom. The van der Waals surface area contributed by atoms with Crippen molar-refractivity contribution in [2.24, 2.45) is 0 Å². The maximum Gasteiger partial charge on any atom is 0.274 e. The molecule has 1 aromatic heterocycles. The lowest BCUT2D eigenvalue weighted by atomic mass is 10.2. The van der Waals surface area contributed by atoms with E-state index in [2.05, 4.69) is 20.8 Å². The zero-order chi connectivity index (χ0) is 20.1. The summed E-state index contributed by atoms with van der Waals surface area (Å²) in [6.45, 7) is 5.02. The third-order valence-corrected chi connectivity index (χ3v) is 4.37. The van der Waals surface area contributed by atoms with Gasteiger partial charge >= 0.3 is 0 Å². The van der Waals surface area contributed by atoms with E-state index in [-0.39, 0.29) is 23.4 Å². The van der Waals surface area contributed by atoms with Crippen LogP contribution < -0.4 is 10.6 Å². The van der Waals surface area contributed by atoms with Crippen LogP contribution in [0.4, 0.5) is 17.2 Å². The summed E-state index contributed by atoms with van der Waals surface area (Å²) in [5, 5.41) is 13.9. The van der Waals surface area contributed by atoms with Crippen LogP contribution >= 0.6 is 0 Å². The minimum absolute atomic E-state index is 0.0208. The number of nitrogens with zero attached hydrogens (tertiary/aromatic N) is 4. The highest BCUT2D eigenvalue weighted by Crippen LogP contribution is 2.17. The summed E-state index contributed by atoms with van der Waals surface area (Å²) in [4.78, 5) is 38.4. The molecule has 1 aromatic carbocycles. The predicted molar refractivity (Wildman–Crippen MR) is 104 cm³/mol. The Morgan fingerprint density at radius 3 is 1.96 bits per heavy atom. The van der Waals surface area contributed by atoms with E-state index in [1.54, 1.807) is 46.2 Å². The summed E-state index contributed by atoms with van der Waals surface area (Å²) < 4.78 is 0. The average molecular weight is 382 g/mol. The molecule has 2 N–H and O–H groups in total. The lowest BCUT2D eigenvalue weighted by molar-refractivity contribution is -0.130. The van der Waals surface area contributed by atoms with Crippen LogP contribution in [0.25, 0.3) is 0 Å². The molecular weight excluding hydrogens is 360 g/mol. The van der Waals surface area contributed by atoms with Crippen LogP contribution in [0.1, 0.15) is 24.3 Å². The SMILES string of the molecule is CC(=O)Nc1ccc(Nc2ccc(C(=O)N3CCN(C(C)=O)CC3)nn2)cc1. The van der Waals surface area contributed by atoms with E-state index in [0.29, 0.717) is 37.7 Å². The third-order valence-electron chi connectivity index (χ3n) is 4.37. The summed E-state index contributed by atoms with van der Waals surface area (Å²) in [5.74, 6) is 0.203. The number of carbonyl (C=O) groups is 3. The molecule has 3 amide bonds. The second-order valence-corrected chi connectivity index (χ2v) is 6.49. The van der Waals surface area contributed by atoms with Gasteiger partial charge in [0.25, 0.3) is 5.91 Å². The molecule has 0 aliphatic carbocycles. The van der Waals surface area contributed by atoms with Crippen LogP contribution in [0.3, 0.4) is 0 Å². The summed E-state index contributed by atoms with van der Waals surface area (Å²) >= 11 is 0. The first kappa shape index (κ1) is 19.3. The van der Waals surface area contributed by atoms with E-state index >= 15 is 0 Å². The minimum atomic E-state index is -0.193. The third kappa shape index (κ3) is 4.81. The van der Waals surface area contributed by atoms with E-state index in [1.807, 2.05) is 0 Å². The van der Waals surface area contributed by atoms with Gasteiger partial charge in [-0.05, 0) is 36.4 Å². The van der Waals surface area contributed by atoms with E-state index in [0.717, 1.165) is 5.69 Å². The molecule has 3 rings (SSSR count). The van der Waals surface area contributed by atoms with Crippen molar-refractivity contribution in [1.82, 2.24) is 20.0 Å². The van der Waals surface area contributed by atoms with Gasteiger partial charge in [-0.2, -0.15) is 0 Å². The Labute approximate surface area is 162 Å². The average Bonchev–Trinajstić information content (AvgIpc) is 2.69. The zero-order valence-corrected chi connectivity index (χ0v) is 15.8. The number of aromatic nitrogens is 2. The number of benzene rings is 1. The van der Waals surface area contributed by atoms with Gasteiger partial charge < -0.3 is 20.4 Å². The van der Waals surface area contributed by atoms with E-state index in [1.165, 1.54) is 13.8 Å². The molecule has 0 unspecified atom stereocenters. The van der Waals surface area contributed by atoms with Gasteiger partial charge in [0.2, 0.25) is 11.8 Å². The molecule has 0 radical (unpaired) electrons. The summed E-state index contributed by atoms with van der Waals surface area (Å²) in [6, 6.07) is 10.5. The number of amides is 3. The normalized spacial score (nSPS) is 13.8. The van der Waals surface area contributed by atoms with Crippen molar-refractivity contribution in [1.29, 1.82) is 0 Å². The molecule has 0 atom stereocenters. The van der Waals surface area contributed by atoms with Gasteiger partial charge in [0.05, 0.1) is 0 Å². The maximum absolute atomic E-state index is 12.5. The number of hydrogen-bond acceptors (Lipinski definition) is 6.